The Morgan fingerprint density at radius 2 is 1.67 bits per heavy atom. The van der Waals surface area contributed by atoms with Gasteiger partial charge in [-0.3, -0.25) is 0 Å². The van der Waals surface area contributed by atoms with E-state index in [4.69, 9.17) is 24.1 Å². The summed E-state index contributed by atoms with van der Waals surface area (Å²) in [6, 6.07) is 0. The molecule has 6 heteroatoms. The third-order valence-corrected chi connectivity index (χ3v) is 2.57. The summed E-state index contributed by atoms with van der Waals surface area (Å²) in [4.78, 5) is 0. The Hall–Kier alpha value is -0.240. The molecule has 1 rings (SSSR count). The van der Waals surface area contributed by atoms with E-state index < -0.39 is 30.7 Å². The Kier molecular flexibility index (Phi) is 4.91. The molecule has 1 heterocycles. The number of aliphatic hydroxyl groups is 2. The fourth-order valence-corrected chi connectivity index (χ4v) is 1.77. The van der Waals surface area contributed by atoms with Crippen LogP contribution in [-0.2, 0) is 18.9 Å². The summed E-state index contributed by atoms with van der Waals surface area (Å²) < 4.78 is 20.5. The molecule has 2 N–H and O–H groups in total. The van der Waals surface area contributed by atoms with Crippen molar-refractivity contribution in [1.82, 2.24) is 0 Å². The van der Waals surface area contributed by atoms with E-state index in [2.05, 4.69) is 0 Å². The van der Waals surface area contributed by atoms with Crippen LogP contribution >= 0.6 is 0 Å². The van der Waals surface area contributed by atoms with Gasteiger partial charge in [0.25, 0.3) is 0 Å². The van der Waals surface area contributed by atoms with E-state index in [1.54, 1.807) is 0 Å². The zero-order chi connectivity index (χ0) is 11.4. The second-order valence-corrected chi connectivity index (χ2v) is 3.35. The summed E-state index contributed by atoms with van der Waals surface area (Å²) >= 11 is 0. The SMILES string of the molecule is COC1[C@H](OC)OC(CO)[C@@H](OC)[C@@H]1O. The van der Waals surface area contributed by atoms with Gasteiger partial charge in [-0.25, -0.2) is 0 Å². The predicted octanol–water partition coefficient (Wildman–Crippen LogP) is -1.26. The lowest BCUT2D eigenvalue weighted by Gasteiger charge is -2.42. The van der Waals surface area contributed by atoms with Gasteiger partial charge in [0.05, 0.1) is 6.61 Å². The van der Waals surface area contributed by atoms with Gasteiger partial charge >= 0.3 is 0 Å². The van der Waals surface area contributed by atoms with Gasteiger partial charge in [0.15, 0.2) is 6.29 Å². The molecular formula is C9H18O6. The van der Waals surface area contributed by atoms with E-state index in [-0.39, 0.29) is 6.61 Å². The normalized spacial score (nSPS) is 41.8. The number of hydrogen-bond donors (Lipinski definition) is 2. The highest BCUT2D eigenvalue weighted by Crippen LogP contribution is 2.25. The second kappa shape index (κ2) is 5.74. The molecule has 0 aliphatic carbocycles. The second-order valence-electron chi connectivity index (χ2n) is 3.35. The molecule has 1 fully saturated rings. The summed E-state index contributed by atoms with van der Waals surface area (Å²) in [5, 5.41) is 19.0. The Balaban J connectivity index is 2.76. The number of aliphatic hydroxyl groups excluding tert-OH is 2. The molecule has 0 amide bonds. The topological polar surface area (TPSA) is 77.4 Å². The van der Waals surface area contributed by atoms with Gasteiger partial charge in [0.1, 0.15) is 24.4 Å². The average Bonchev–Trinajstić information content (AvgIpc) is 2.27. The molecule has 6 nitrogen and oxygen atoms in total. The minimum absolute atomic E-state index is 0.244. The quantitative estimate of drug-likeness (QED) is 0.618. The van der Waals surface area contributed by atoms with Gasteiger partial charge in [0, 0.05) is 21.3 Å². The third-order valence-electron chi connectivity index (χ3n) is 2.57. The van der Waals surface area contributed by atoms with Crippen molar-refractivity contribution >= 4 is 0 Å². The molecular weight excluding hydrogens is 204 g/mol. The molecule has 0 radical (unpaired) electrons. The van der Waals surface area contributed by atoms with Crippen LogP contribution in [0.1, 0.15) is 0 Å². The zero-order valence-corrected chi connectivity index (χ0v) is 9.12. The van der Waals surface area contributed by atoms with E-state index in [1.165, 1.54) is 21.3 Å². The van der Waals surface area contributed by atoms with Crippen LogP contribution < -0.4 is 0 Å². The molecule has 1 saturated heterocycles. The molecule has 90 valence electrons. The van der Waals surface area contributed by atoms with Gasteiger partial charge in [-0.15, -0.1) is 0 Å². The maximum absolute atomic E-state index is 9.91. The third kappa shape index (κ3) is 2.47. The highest BCUT2D eigenvalue weighted by atomic mass is 16.7. The minimum Gasteiger partial charge on any atom is -0.394 e. The molecule has 5 atom stereocenters. The van der Waals surface area contributed by atoms with Crippen molar-refractivity contribution in [3.8, 4) is 0 Å². The lowest BCUT2D eigenvalue weighted by atomic mass is 9.99. The van der Waals surface area contributed by atoms with Crippen molar-refractivity contribution in [2.45, 2.75) is 30.7 Å². The van der Waals surface area contributed by atoms with E-state index in [1.807, 2.05) is 0 Å². The first-order valence-electron chi connectivity index (χ1n) is 4.72. The van der Waals surface area contributed by atoms with Gasteiger partial charge in [-0.1, -0.05) is 0 Å². The van der Waals surface area contributed by atoms with Crippen molar-refractivity contribution in [3.05, 3.63) is 0 Å². The Morgan fingerprint density at radius 3 is 2.07 bits per heavy atom. The monoisotopic (exact) mass is 222 g/mol. The molecule has 0 aromatic rings. The van der Waals surface area contributed by atoms with Gasteiger partial charge in [-0.05, 0) is 0 Å². The van der Waals surface area contributed by atoms with E-state index in [0.717, 1.165) is 0 Å². The number of hydrogen-bond acceptors (Lipinski definition) is 6. The zero-order valence-electron chi connectivity index (χ0n) is 9.12. The van der Waals surface area contributed by atoms with Crippen molar-refractivity contribution in [1.29, 1.82) is 0 Å². The molecule has 0 bridgehead atoms. The van der Waals surface area contributed by atoms with Crippen molar-refractivity contribution in [2.75, 3.05) is 27.9 Å². The van der Waals surface area contributed by atoms with E-state index in [9.17, 15) is 5.11 Å². The molecule has 1 aliphatic rings. The first kappa shape index (κ1) is 12.8. The Morgan fingerprint density at radius 1 is 1.07 bits per heavy atom. The minimum atomic E-state index is -0.893. The molecule has 0 aromatic carbocycles. The van der Waals surface area contributed by atoms with Crippen LogP contribution in [0.3, 0.4) is 0 Å². The fraction of sp³-hybridized carbons (Fsp3) is 1.00. The van der Waals surface area contributed by atoms with Gasteiger partial charge in [-0.2, -0.15) is 0 Å². The predicted molar refractivity (Wildman–Crippen MR) is 50.4 cm³/mol. The fourth-order valence-electron chi connectivity index (χ4n) is 1.77. The molecule has 1 aliphatic heterocycles. The Bertz CT molecular complexity index is 169. The number of methoxy groups -OCH3 is 3. The standard InChI is InChI=1S/C9H18O6/c1-12-7-5(4-10)15-9(14-3)8(13-2)6(7)11/h5-11H,4H2,1-3H3/t5?,6-,7+,8?,9+/m0/s1. The largest absolute Gasteiger partial charge is 0.394 e. The van der Waals surface area contributed by atoms with Crippen LogP contribution in [0.15, 0.2) is 0 Å². The van der Waals surface area contributed by atoms with Crippen molar-refractivity contribution in [3.63, 3.8) is 0 Å². The number of ether oxygens (including phenoxy) is 4. The molecule has 15 heavy (non-hydrogen) atoms. The molecule has 0 spiro atoms. The van der Waals surface area contributed by atoms with Crippen molar-refractivity contribution < 1.29 is 29.2 Å². The van der Waals surface area contributed by atoms with Gasteiger partial charge in [0.2, 0.25) is 0 Å². The smallest absolute Gasteiger partial charge is 0.186 e. The van der Waals surface area contributed by atoms with Crippen LogP contribution in [0.2, 0.25) is 0 Å². The highest BCUT2D eigenvalue weighted by Gasteiger charge is 2.45. The van der Waals surface area contributed by atoms with Crippen LogP contribution in [0.5, 0.6) is 0 Å². The highest BCUT2D eigenvalue weighted by molar-refractivity contribution is 4.90. The van der Waals surface area contributed by atoms with Crippen LogP contribution in [0.4, 0.5) is 0 Å². The maximum atomic E-state index is 9.91. The lowest BCUT2D eigenvalue weighted by molar-refractivity contribution is -0.302. The van der Waals surface area contributed by atoms with Crippen molar-refractivity contribution in [2.24, 2.45) is 0 Å². The summed E-state index contributed by atoms with van der Waals surface area (Å²) in [5.74, 6) is 0. The summed E-state index contributed by atoms with van der Waals surface area (Å²) in [6.45, 7) is -0.244. The van der Waals surface area contributed by atoms with Crippen LogP contribution in [-0.4, -0.2) is 68.9 Å². The Labute approximate surface area is 88.7 Å². The molecule has 0 saturated carbocycles. The summed E-state index contributed by atoms with van der Waals surface area (Å²) in [6.07, 6.45) is -3.44. The first-order chi connectivity index (χ1) is 7.19. The molecule has 2 unspecified atom stereocenters. The van der Waals surface area contributed by atoms with Crippen LogP contribution in [0.25, 0.3) is 0 Å². The average molecular weight is 222 g/mol. The van der Waals surface area contributed by atoms with E-state index in [0.29, 0.717) is 0 Å². The van der Waals surface area contributed by atoms with Crippen LogP contribution in [0, 0.1) is 0 Å². The summed E-state index contributed by atoms with van der Waals surface area (Å²) in [7, 11) is 4.35. The van der Waals surface area contributed by atoms with Gasteiger partial charge < -0.3 is 29.2 Å². The first-order valence-corrected chi connectivity index (χ1v) is 4.72. The number of rotatable bonds is 4. The molecule has 0 aromatic heterocycles. The lowest BCUT2D eigenvalue weighted by Crippen LogP contribution is -2.60. The summed E-state index contributed by atoms with van der Waals surface area (Å²) in [5.41, 5.74) is 0. The maximum Gasteiger partial charge on any atom is 0.186 e. The van der Waals surface area contributed by atoms with E-state index >= 15 is 0 Å².